The molecule has 0 fully saturated rings. The Bertz CT molecular complexity index is 292. The Kier molecular flexibility index (Phi) is 4.15. The quantitative estimate of drug-likeness (QED) is 0.592. The first-order chi connectivity index (χ1) is 5.61. The van der Waals surface area contributed by atoms with Gasteiger partial charge in [0.15, 0.2) is 0 Å². The second-order valence-corrected chi connectivity index (χ2v) is 6.05. The van der Waals surface area contributed by atoms with Crippen molar-refractivity contribution in [2.75, 3.05) is 0 Å². The van der Waals surface area contributed by atoms with E-state index < -0.39 is 0 Å². The van der Waals surface area contributed by atoms with Crippen LogP contribution in [0.2, 0.25) is 10.0 Å². The number of benzene rings is 1. The zero-order valence-electron chi connectivity index (χ0n) is 6.30. The van der Waals surface area contributed by atoms with E-state index in [0.717, 1.165) is 8.65 Å². The van der Waals surface area contributed by atoms with Gasteiger partial charge in [-0.2, -0.15) is 0 Å². The molecule has 64 valence electrons. The van der Waals surface area contributed by atoms with E-state index in [0.29, 0.717) is 10.0 Å². The summed E-state index contributed by atoms with van der Waals surface area (Å²) in [6.07, 6.45) is 0. The molecule has 0 spiro atoms. The summed E-state index contributed by atoms with van der Waals surface area (Å²) in [5.74, 6) is 0. The summed E-state index contributed by atoms with van der Waals surface area (Å²) < 4.78 is 1.10. The molecule has 0 bridgehead atoms. The Hall–Kier alpha value is 0.539. The average molecular weight is 284 g/mol. The molecule has 0 aliphatic heterocycles. The number of thioether (sulfide) groups is 1. The maximum atomic E-state index is 5.94. The van der Waals surface area contributed by atoms with Crippen molar-refractivity contribution >= 4 is 54.3 Å². The van der Waals surface area contributed by atoms with Gasteiger partial charge in [-0.1, -0.05) is 0 Å². The van der Waals surface area contributed by atoms with Crippen LogP contribution in [0.5, 0.6) is 0 Å². The number of halogens is 2. The molecule has 0 aromatic heterocycles. The fourth-order valence-electron chi connectivity index (χ4n) is 0.724. The van der Waals surface area contributed by atoms with E-state index >= 15 is 0 Å². The van der Waals surface area contributed by atoms with Gasteiger partial charge in [-0.25, -0.2) is 0 Å². The molecule has 0 saturated carbocycles. The Morgan fingerprint density at radius 1 is 1.33 bits per heavy atom. The molecule has 0 unspecified atom stereocenters. The van der Waals surface area contributed by atoms with E-state index in [9.17, 15) is 0 Å². The summed E-state index contributed by atoms with van der Waals surface area (Å²) in [4.78, 5) is 0.914. The molecule has 0 aliphatic rings. The minimum absolute atomic E-state index is 0.696. The summed E-state index contributed by atoms with van der Waals surface area (Å²) >= 11 is 16.3. The van der Waals surface area contributed by atoms with Crippen LogP contribution in [-0.4, -0.2) is 19.3 Å². The van der Waals surface area contributed by atoms with Gasteiger partial charge in [0.25, 0.3) is 0 Å². The molecule has 0 atom stereocenters. The van der Waals surface area contributed by atoms with Crippen molar-refractivity contribution in [2.24, 2.45) is 0 Å². The predicted octanol–water partition coefficient (Wildman–Crippen LogP) is 3.40. The van der Waals surface area contributed by atoms with Gasteiger partial charge in [0.05, 0.1) is 0 Å². The monoisotopic (exact) mass is 284 g/mol. The van der Waals surface area contributed by atoms with Crippen LogP contribution >= 0.6 is 35.0 Å². The standard InChI is InChI=1S/C8H6Cl2SSe/c1-5(12)11-8-6(9)3-2-4-7(8)10/h2-4H,1H3. The van der Waals surface area contributed by atoms with Crippen molar-refractivity contribution in [3.63, 3.8) is 0 Å². The van der Waals surface area contributed by atoms with Crippen molar-refractivity contribution in [2.45, 2.75) is 11.8 Å². The molecule has 0 radical (unpaired) electrons. The third-order valence-electron chi connectivity index (χ3n) is 1.16. The first-order valence-corrected chi connectivity index (χ1v) is 5.66. The molecule has 1 aromatic carbocycles. The molecule has 0 aliphatic carbocycles. The van der Waals surface area contributed by atoms with Gasteiger partial charge in [-0.3, -0.25) is 0 Å². The van der Waals surface area contributed by atoms with Crippen molar-refractivity contribution < 1.29 is 0 Å². The summed E-state index contributed by atoms with van der Waals surface area (Å²) in [6, 6.07) is 5.50. The van der Waals surface area contributed by atoms with E-state index in [1.54, 1.807) is 11.8 Å². The van der Waals surface area contributed by atoms with Crippen LogP contribution in [0.3, 0.4) is 0 Å². The van der Waals surface area contributed by atoms with Crippen LogP contribution in [0.15, 0.2) is 23.1 Å². The van der Waals surface area contributed by atoms with Gasteiger partial charge in [-0.15, -0.1) is 0 Å². The van der Waals surface area contributed by atoms with Gasteiger partial charge in [0.2, 0.25) is 0 Å². The van der Waals surface area contributed by atoms with Crippen LogP contribution in [0, 0.1) is 0 Å². The van der Waals surface area contributed by atoms with E-state index in [-0.39, 0.29) is 0 Å². The summed E-state index contributed by atoms with van der Waals surface area (Å²) in [5.41, 5.74) is 0. The van der Waals surface area contributed by atoms with Crippen LogP contribution in [-0.2, 0) is 0 Å². The molecule has 4 heteroatoms. The molecule has 1 rings (SSSR count). The topological polar surface area (TPSA) is 0 Å². The van der Waals surface area contributed by atoms with E-state index in [1.165, 1.54) is 0 Å². The van der Waals surface area contributed by atoms with Gasteiger partial charge >= 0.3 is 94.4 Å². The van der Waals surface area contributed by atoms with Crippen molar-refractivity contribution in [1.82, 2.24) is 0 Å². The van der Waals surface area contributed by atoms with Gasteiger partial charge in [-0.05, 0) is 0 Å². The fraction of sp³-hybridized carbons (Fsp3) is 0.125. The third kappa shape index (κ3) is 2.79. The zero-order valence-corrected chi connectivity index (χ0v) is 10.3. The van der Waals surface area contributed by atoms with E-state index in [1.807, 2.05) is 25.1 Å². The summed E-state index contributed by atoms with van der Waals surface area (Å²) in [5, 5.41) is 1.39. The van der Waals surface area contributed by atoms with Crippen LogP contribution in [0.25, 0.3) is 0 Å². The molecule has 12 heavy (non-hydrogen) atoms. The maximum absolute atomic E-state index is 5.94. The van der Waals surface area contributed by atoms with Crippen LogP contribution < -0.4 is 0 Å². The number of rotatable bonds is 2. The fourth-order valence-corrected chi connectivity index (χ4v) is 2.50. The summed E-state index contributed by atoms with van der Waals surface area (Å²) in [6.45, 7) is 1.98. The average Bonchev–Trinajstić information content (AvgIpc) is 1.97. The first-order valence-electron chi connectivity index (χ1n) is 3.23. The first kappa shape index (κ1) is 10.6. The number of hydrogen-bond acceptors (Lipinski definition) is 1. The van der Waals surface area contributed by atoms with Crippen molar-refractivity contribution in [3.05, 3.63) is 28.2 Å². The van der Waals surface area contributed by atoms with E-state index in [2.05, 4.69) is 15.6 Å². The second kappa shape index (κ2) is 4.69. The molecular formula is C8H6Cl2SSe. The normalized spacial score (nSPS) is 9.92. The Morgan fingerprint density at radius 3 is 2.25 bits per heavy atom. The Morgan fingerprint density at radius 2 is 1.83 bits per heavy atom. The molecule has 1 aromatic rings. The molecule has 0 N–H and O–H groups in total. The Labute approximate surface area is 94.0 Å². The van der Waals surface area contributed by atoms with Crippen molar-refractivity contribution in [3.8, 4) is 0 Å². The second-order valence-electron chi connectivity index (χ2n) is 2.14. The molecule has 0 nitrogen and oxygen atoms in total. The molecule has 0 saturated heterocycles. The SMILES string of the molecule is CC(=[Se])Sc1c(Cl)cccc1Cl. The van der Waals surface area contributed by atoms with E-state index in [4.69, 9.17) is 23.2 Å². The molecule has 0 heterocycles. The summed E-state index contributed by atoms with van der Waals surface area (Å²) in [7, 11) is 0. The Balaban J connectivity index is 3.04. The van der Waals surface area contributed by atoms with Gasteiger partial charge in [0, 0.05) is 0 Å². The van der Waals surface area contributed by atoms with Gasteiger partial charge < -0.3 is 0 Å². The molecular weight excluding hydrogens is 278 g/mol. The zero-order chi connectivity index (χ0) is 9.14. The van der Waals surface area contributed by atoms with Gasteiger partial charge in [0.1, 0.15) is 0 Å². The third-order valence-corrected chi connectivity index (χ3v) is 3.47. The predicted molar refractivity (Wildman–Crippen MR) is 58.8 cm³/mol. The minimum atomic E-state index is 0.696. The van der Waals surface area contributed by atoms with Crippen LogP contribution in [0.4, 0.5) is 0 Å². The van der Waals surface area contributed by atoms with Crippen molar-refractivity contribution in [1.29, 1.82) is 0 Å². The van der Waals surface area contributed by atoms with Crippen LogP contribution in [0.1, 0.15) is 6.92 Å². The molecule has 0 amide bonds. The number of hydrogen-bond donors (Lipinski definition) is 0.